The summed E-state index contributed by atoms with van der Waals surface area (Å²) in [5.41, 5.74) is 37.3. The van der Waals surface area contributed by atoms with Gasteiger partial charge in [-0.3, -0.25) is 0 Å². The molecular formula is C99H63NO2. The molecule has 3 nitrogen and oxygen atoms in total. The number of hydrogen-bond donors (Lipinski definition) is 0. The van der Waals surface area contributed by atoms with Crippen LogP contribution in [0.5, 0.6) is 0 Å². The topological polar surface area (TPSA) is 31.2 Å². The van der Waals surface area contributed by atoms with Crippen molar-refractivity contribution >= 4 is 65.7 Å². The van der Waals surface area contributed by atoms with Crippen LogP contribution in [0.2, 0.25) is 0 Å². The van der Waals surface area contributed by atoms with Gasteiger partial charge in [-0.25, -0.2) is 0 Å². The van der Waals surface area contributed by atoms with Gasteiger partial charge in [-0.05, 0) is 207 Å². The summed E-state index contributed by atoms with van der Waals surface area (Å²) in [4.78, 5) is 0. The van der Waals surface area contributed by atoms with Gasteiger partial charge in [0.15, 0.2) is 0 Å². The SMILES string of the molecule is c1ccc(C2c3ccccc3-c3ccc(-c4ccc5c(c4)-c4ccccc4C5c4ccc(-c5cccc6oc7ccccc7c56)cc4)cc32)cc1.c1ccc(C2c3ccccc3-c3ccc(-c4ccc5c(c4)c4ccccc4n5-c4ccc(-c5ccc6oc7ccccc7c6c5)cc4)cc32)cc1. The molecular weight excluding hydrogens is 1240 g/mol. The van der Waals surface area contributed by atoms with Gasteiger partial charge in [0.2, 0.25) is 0 Å². The zero-order chi connectivity index (χ0) is 66.9. The van der Waals surface area contributed by atoms with E-state index in [2.05, 4.69) is 344 Å². The summed E-state index contributed by atoms with van der Waals surface area (Å²) in [6, 6.07) is 133. The molecule has 3 heteroatoms. The molecule has 0 saturated carbocycles. The number of benzene rings is 16. The zero-order valence-corrected chi connectivity index (χ0v) is 55.6. The van der Waals surface area contributed by atoms with Crippen molar-refractivity contribution in [3.05, 3.63) is 414 Å². The predicted molar refractivity (Wildman–Crippen MR) is 422 cm³/mol. The normalized spacial score (nSPS) is 14.6. The maximum Gasteiger partial charge on any atom is 0.136 e. The molecule has 0 radical (unpaired) electrons. The van der Waals surface area contributed by atoms with Crippen molar-refractivity contribution in [2.45, 2.75) is 17.8 Å². The summed E-state index contributed by atoms with van der Waals surface area (Å²) >= 11 is 0. The summed E-state index contributed by atoms with van der Waals surface area (Å²) < 4.78 is 14.7. The third-order valence-electron chi connectivity index (χ3n) is 22.2. The monoisotopic (exact) mass is 1300 g/mol. The van der Waals surface area contributed by atoms with Crippen molar-refractivity contribution in [2.75, 3.05) is 0 Å². The smallest absolute Gasteiger partial charge is 0.136 e. The molecule has 0 aliphatic heterocycles. The number of fused-ring (bicyclic) bond motifs is 18. The second-order valence-electron chi connectivity index (χ2n) is 27.6. The van der Waals surface area contributed by atoms with Crippen LogP contribution in [0, 0.1) is 0 Å². The van der Waals surface area contributed by atoms with E-state index in [-0.39, 0.29) is 17.8 Å². The summed E-state index contributed by atoms with van der Waals surface area (Å²) in [6.07, 6.45) is 0. The van der Waals surface area contributed by atoms with Crippen LogP contribution in [0.4, 0.5) is 0 Å². The molecule has 102 heavy (non-hydrogen) atoms. The predicted octanol–water partition coefficient (Wildman–Crippen LogP) is 26.4. The second-order valence-corrected chi connectivity index (χ2v) is 27.6. The highest BCUT2D eigenvalue weighted by Gasteiger charge is 2.34. The minimum absolute atomic E-state index is 0.182. The van der Waals surface area contributed by atoms with Gasteiger partial charge in [0.25, 0.3) is 0 Å². The number of para-hydroxylation sites is 3. The number of furan rings is 2. The molecule has 0 amide bonds. The molecule has 0 fully saturated rings. The third kappa shape index (κ3) is 9.21. The first-order chi connectivity index (χ1) is 50.6. The zero-order valence-electron chi connectivity index (χ0n) is 55.6. The Morgan fingerprint density at radius 3 is 1.26 bits per heavy atom. The average molecular weight is 1300 g/mol. The van der Waals surface area contributed by atoms with Crippen LogP contribution in [0.25, 0.3) is 149 Å². The Labute approximate surface area is 590 Å². The average Bonchev–Trinajstić information content (AvgIpc) is 1.60. The molecule has 3 aliphatic rings. The van der Waals surface area contributed by atoms with E-state index in [1.807, 2.05) is 24.3 Å². The van der Waals surface area contributed by atoms with Crippen LogP contribution in [0.15, 0.2) is 373 Å². The Morgan fingerprint density at radius 1 is 0.196 bits per heavy atom. The lowest BCUT2D eigenvalue weighted by molar-refractivity contribution is 0.668. The minimum atomic E-state index is 0.182. The summed E-state index contributed by atoms with van der Waals surface area (Å²) in [7, 11) is 0. The van der Waals surface area contributed by atoms with Crippen LogP contribution >= 0.6 is 0 Å². The van der Waals surface area contributed by atoms with Crippen molar-refractivity contribution in [1.29, 1.82) is 0 Å². The van der Waals surface area contributed by atoms with E-state index < -0.39 is 0 Å². The highest BCUT2D eigenvalue weighted by Crippen LogP contribution is 2.54. The van der Waals surface area contributed by atoms with E-state index in [1.165, 1.54) is 155 Å². The molecule has 0 N–H and O–H groups in total. The molecule has 476 valence electrons. The first-order valence-electron chi connectivity index (χ1n) is 35.4. The maximum absolute atomic E-state index is 6.20. The first-order valence-corrected chi connectivity index (χ1v) is 35.4. The van der Waals surface area contributed by atoms with E-state index in [0.717, 1.165) is 44.2 Å². The van der Waals surface area contributed by atoms with Crippen molar-refractivity contribution in [3.8, 4) is 83.6 Å². The lowest BCUT2D eigenvalue weighted by Gasteiger charge is -2.17. The Balaban J connectivity index is 0.000000133. The number of aromatic nitrogens is 1. The molecule has 0 bridgehead atoms. The Bertz CT molecular complexity index is 6560. The molecule has 3 unspecified atom stereocenters. The van der Waals surface area contributed by atoms with Gasteiger partial charge in [-0.1, -0.05) is 285 Å². The highest BCUT2D eigenvalue weighted by atomic mass is 16.3. The fraction of sp³-hybridized carbons (Fsp3) is 0.0303. The maximum atomic E-state index is 6.20. The van der Waals surface area contributed by atoms with E-state index in [0.29, 0.717) is 0 Å². The molecule has 0 spiro atoms. The van der Waals surface area contributed by atoms with Gasteiger partial charge in [-0.2, -0.15) is 0 Å². The Kier molecular flexibility index (Phi) is 13.2. The number of hydrogen-bond acceptors (Lipinski definition) is 2. The molecule has 22 rings (SSSR count). The van der Waals surface area contributed by atoms with E-state index >= 15 is 0 Å². The standard InChI is InChI=1S/C50H32O.C49H31NO/c1-2-11-32(12-3-1)49-40-15-6-4-13-37(40)39-27-25-35(30-45(39)49)34-26-28-42-44(29-34)38-14-5-7-16-41(38)48(42)33-23-21-31(22-24-33)36-18-10-20-47-50(36)43-17-8-9-19-46(43)51-47;1-2-10-32(11-3-1)49-41-15-5-4-12-37(41)38-25-20-34(30-44(38)49)35-21-26-46-42(28-35)39-13-6-8-16-45(39)50(46)36-23-18-31(19-24-36)33-22-27-48-43(29-33)40-14-7-9-17-47(40)51-48/h1-30,48-49H;1-30,49H. The van der Waals surface area contributed by atoms with Crippen LogP contribution in [0.1, 0.15) is 67.8 Å². The Hall–Kier alpha value is -13.1. The largest absolute Gasteiger partial charge is 0.456 e. The molecule has 19 aromatic rings. The van der Waals surface area contributed by atoms with Crippen LogP contribution < -0.4 is 0 Å². The van der Waals surface area contributed by atoms with Crippen LogP contribution in [-0.4, -0.2) is 4.57 Å². The van der Waals surface area contributed by atoms with E-state index in [9.17, 15) is 0 Å². The fourth-order valence-electron chi connectivity index (χ4n) is 17.5. The molecule has 16 aromatic carbocycles. The van der Waals surface area contributed by atoms with Crippen molar-refractivity contribution in [3.63, 3.8) is 0 Å². The van der Waals surface area contributed by atoms with Crippen LogP contribution in [0.3, 0.4) is 0 Å². The molecule has 3 atom stereocenters. The third-order valence-corrected chi connectivity index (χ3v) is 22.2. The fourth-order valence-corrected chi connectivity index (χ4v) is 17.5. The lowest BCUT2D eigenvalue weighted by atomic mass is 9.86. The first kappa shape index (κ1) is 57.9. The number of rotatable bonds is 8. The van der Waals surface area contributed by atoms with Gasteiger partial charge in [0.1, 0.15) is 22.3 Å². The minimum Gasteiger partial charge on any atom is -0.456 e. The van der Waals surface area contributed by atoms with Crippen molar-refractivity contribution in [2.24, 2.45) is 0 Å². The summed E-state index contributed by atoms with van der Waals surface area (Å²) in [6.45, 7) is 0. The molecule has 3 heterocycles. The highest BCUT2D eigenvalue weighted by molar-refractivity contribution is 6.13. The van der Waals surface area contributed by atoms with Crippen LogP contribution in [-0.2, 0) is 0 Å². The Morgan fingerprint density at radius 2 is 0.598 bits per heavy atom. The molecule has 3 aliphatic carbocycles. The van der Waals surface area contributed by atoms with Gasteiger partial charge in [0, 0.05) is 55.8 Å². The molecule has 3 aromatic heterocycles. The van der Waals surface area contributed by atoms with Crippen molar-refractivity contribution in [1.82, 2.24) is 4.57 Å². The summed E-state index contributed by atoms with van der Waals surface area (Å²) in [5, 5.41) is 7.14. The lowest BCUT2D eigenvalue weighted by Crippen LogP contribution is -1.99. The second kappa shape index (κ2) is 23.3. The summed E-state index contributed by atoms with van der Waals surface area (Å²) in [5.74, 6) is 0.646. The van der Waals surface area contributed by atoms with Gasteiger partial charge in [0.05, 0.1) is 11.0 Å². The molecule has 0 saturated heterocycles. The quantitative estimate of drug-likeness (QED) is 0.152. The van der Waals surface area contributed by atoms with E-state index in [4.69, 9.17) is 8.83 Å². The van der Waals surface area contributed by atoms with Gasteiger partial charge < -0.3 is 13.4 Å². The van der Waals surface area contributed by atoms with Crippen molar-refractivity contribution < 1.29 is 8.83 Å². The van der Waals surface area contributed by atoms with Gasteiger partial charge >= 0.3 is 0 Å². The van der Waals surface area contributed by atoms with E-state index in [1.54, 1.807) is 0 Å². The van der Waals surface area contributed by atoms with Gasteiger partial charge in [-0.15, -0.1) is 0 Å². The number of nitrogens with zero attached hydrogens (tertiary/aromatic N) is 1.